The van der Waals surface area contributed by atoms with E-state index >= 15 is 0 Å². The van der Waals surface area contributed by atoms with Crippen LogP contribution < -0.4 is 0 Å². The molecule has 8 aliphatic carbocycles. The lowest BCUT2D eigenvalue weighted by Gasteiger charge is -2.68. The molecule has 0 amide bonds. The van der Waals surface area contributed by atoms with Gasteiger partial charge in [0.15, 0.2) is 0 Å². The summed E-state index contributed by atoms with van der Waals surface area (Å²) in [5.41, 5.74) is 2.95. The predicted octanol–water partition coefficient (Wildman–Crippen LogP) is 6.84. The summed E-state index contributed by atoms with van der Waals surface area (Å²) in [7, 11) is 0. The first-order valence-electron chi connectivity index (χ1n) is 11.3. The van der Waals surface area contributed by atoms with E-state index in [9.17, 15) is 0 Å². The van der Waals surface area contributed by atoms with Gasteiger partial charge in [0.25, 0.3) is 0 Å². The molecule has 0 radical (unpaired) electrons. The molecule has 8 bridgehead atoms. The topological polar surface area (TPSA) is 0 Å². The van der Waals surface area contributed by atoms with Gasteiger partial charge in [0, 0.05) is 0 Å². The highest BCUT2D eigenvalue weighted by Gasteiger charge is 2.62. The molecule has 0 heteroatoms. The SMILES string of the molecule is CC12CC3CC(C1)C(CC14CC5CC(C)(CC(C)(C5)C1)C4)C(C3)C2. The Labute approximate surface area is 149 Å². The van der Waals surface area contributed by atoms with E-state index in [2.05, 4.69) is 20.8 Å². The van der Waals surface area contributed by atoms with Gasteiger partial charge in [0.1, 0.15) is 0 Å². The molecule has 0 aromatic carbocycles. The molecule has 4 unspecified atom stereocenters. The fourth-order valence-electron chi connectivity index (χ4n) is 11.3. The molecule has 24 heavy (non-hydrogen) atoms. The zero-order valence-electron chi connectivity index (χ0n) is 16.4. The van der Waals surface area contributed by atoms with E-state index in [-0.39, 0.29) is 0 Å². The maximum Gasteiger partial charge on any atom is -0.0282 e. The molecule has 0 aromatic heterocycles. The minimum Gasteiger partial charge on any atom is -0.0596 e. The Morgan fingerprint density at radius 3 is 1.75 bits per heavy atom. The van der Waals surface area contributed by atoms with Gasteiger partial charge < -0.3 is 0 Å². The van der Waals surface area contributed by atoms with Crippen LogP contribution in [0.3, 0.4) is 0 Å². The van der Waals surface area contributed by atoms with E-state index in [4.69, 9.17) is 0 Å². The minimum atomic E-state index is 0.714. The lowest BCUT2D eigenvalue weighted by Crippen LogP contribution is -2.57. The first kappa shape index (κ1) is 15.1. The molecule has 0 aromatic rings. The summed E-state index contributed by atoms with van der Waals surface area (Å²) in [6, 6.07) is 0. The highest BCUT2D eigenvalue weighted by Crippen LogP contribution is 2.73. The van der Waals surface area contributed by atoms with Crippen LogP contribution in [0.1, 0.15) is 97.8 Å². The monoisotopic (exact) mass is 326 g/mol. The minimum absolute atomic E-state index is 0.714. The van der Waals surface area contributed by atoms with Crippen LogP contribution in [0.2, 0.25) is 0 Å². The molecule has 0 saturated heterocycles. The van der Waals surface area contributed by atoms with E-state index in [0.29, 0.717) is 10.8 Å². The molecule has 8 rings (SSSR count). The molecule has 8 fully saturated rings. The second kappa shape index (κ2) is 4.28. The molecular formula is C24H38. The molecule has 0 spiro atoms. The lowest BCUT2D eigenvalue weighted by molar-refractivity contribution is -0.172. The van der Waals surface area contributed by atoms with Crippen molar-refractivity contribution in [1.82, 2.24) is 0 Å². The number of hydrogen-bond donors (Lipinski definition) is 0. The van der Waals surface area contributed by atoms with Crippen molar-refractivity contribution in [2.75, 3.05) is 0 Å². The highest BCUT2D eigenvalue weighted by atomic mass is 14.7. The predicted molar refractivity (Wildman–Crippen MR) is 99.6 cm³/mol. The quantitative estimate of drug-likeness (QED) is 0.521. The maximum atomic E-state index is 2.67. The molecule has 0 N–H and O–H groups in total. The lowest BCUT2D eigenvalue weighted by atomic mass is 9.37. The van der Waals surface area contributed by atoms with Gasteiger partial charge in [0.05, 0.1) is 0 Å². The van der Waals surface area contributed by atoms with Crippen molar-refractivity contribution in [2.45, 2.75) is 97.8 Å². The van der Waals surface area contributed by atoms with Crippen molar-refractivity contribution in [1.29, 1.82) is 0 Å². The molecule has 8 aliphatic rings. The third kappa shape index (κ3) is 2.04. The van der Waals surface area contributed by atoms with Crippen LogP contribution >= 0.6 is 0 Å². The first-order chi connectivity index (χ1) is 11.3. The van der Waals surface area contributed by atoms with Gasteiger partial charge in [-0.3, -0.25) is 0 Å². The van der Waals surface area contributed by atoms with Gasteiger partial charge in [0.2, 0.25) is 0 Å². The zero-order chi connectivity index (χ0) is 16.4. The Hall–Kier alpha value is 0. The van der Waals surface area contributed by atoms with Crippen LogP contribution in [0.4, 0.5) is 0 Å². The van der Waals surface area contributed by atoms with Crippen LogP contribution in [0.15, 0.2) is 0 Å². The molecule has 0 nitrogen and oxygen atoms in total. The van der Waals surface area contributed by atoms with Crippen molar-refractivity contribution in [3.05, 3.63) is 0 Å². The fraction of sp³-hybridized carbons (Fsp3) is 1.00. The van der Waals surface area contributed by atoms with Crippen LogP contribution in [-0.2, 0) is 0 Å². The van der Waals surface area contributed by atoms with E-state index in [1.165, 1.54) is 0 Å². The Bertz CT molecular complexity index is 539. The molecule has 134 valence electrons. The summed E-state index contributed by atoms with van der Waals surface area (Å²) in [6.07, 6.45) is 19.2. The van der Waals surface area contributed by atoms with E-state index < -0.39 is 0 Å². The standard InChI is InChI=1S/C24H38/c1-21-6-16-4-18(10-21)20(19(5-16)11-21)12-24-9-17-7-22(2,14-24)13-23(3,8-17)15-24/h16-20H,4-15H2,1-3H3. The Balaban J connectivity index is 1.30. The molecule has 8 saturated carbocycles. The second-order valence-electron chi connectivity index (χ2n) is 13.3. The molecular weight excluding hydrogens is 288 g/mol. The van der Waals surface area contributed by atoms with Gasteiger partial charge in [-0.1, -0.05) is 20.8 Å². The average molecular weight is 327 g/mol. The van der Waals surface area contributed by atoms with Gasteiger partial charge in [-0.2, -0.15) is 0 Å². The second-order valence-corrected chi connectivity index (χ2v) is 13.3. The van der Waals surface area contributed by atoms with Gasteiger partial charge in [-0.05, 0) is 128 Å². The van der Waals surface area contributed by atoms with Crippen LogP contribution in [0.5, 0.6) is 0 Å². The highest BCUT2D eigenvalue weighted by molar-refractivity contribution is 5.12. The van der Waals surface area contributed by atoms with Gasteiger partial charge in [-0.15, -0.1) is 0 Å². The van der Waals surface area contributed by atoms with Crippen molar-refractivity contribution in [3.63, 3.8) is 0 Å². The summed E-state index contributed by atoms with van der Waals surface area (Å²) in [5.74, 6) is 5.57. The fourth-order valence-corrected chi connectivity index (χ4v) is 11.3. The van der Waals surface area contributed by atoms with Gasteiger partial charge >= 0.3 is 0 Å². The van der Waals surface area contributed by atoms with Crippen molar-refractivity contribution < 1.29 is 0 Å². The summed E-state index contributed by atoms with van der Waals surface area (Å²) in [6.45, 7) is 7.98. The average Bonchev–Trinajstić information content (AvgIpc) is 2.36. The van der Waals surface area contributed by atoms with E-state index in [1.54, 1.807) is 77.0 Å². The summed E-state index contributed by atoms with van der Waals surface area (Å²) < 4.78 is 0. The Morgan fingerprint density at radius 2 is 1.21 bits per heavy atom. The summed E-state index contributed by atoms with van der Waals surface area (Å²) >= 11 is 0. The normalized spacial score (nSPS) is 66.4. The van der Waals surface area contributed by atoms with Crippen molar-refractivity contribution in [2.24, 2.45) is 51.2 Å². The largest absolute Gasteiger partial charge is 0.0596 e. The molecule has 0 aliphatic heterocycles. The third-order valence-electron chi connectivity index (χ3n) is 10.2. The van der Waals surface area contributed by atoms with Crippen LogP contribution in [0.25, 0.3) is 0 Å². The Morgan fingerprint density at radius 1 is 0.625 bits per heavy atom. The maximum absolute atomic E-state index is 2.67. The Kier molecular flexibility index (Phi) is 2.69. The third-order valence-corrected chi connectivity index (χ3v) is 10.2. The van der Waals surface area contributed by atoms with Crippen molar-refractivity contribution >= 4 is 0 Å². The van der Waals surface area contributed by atoms with Crippen molar-refractivity contribution in [3.8, 4) is 0 Å². The van der Waals surface area contributed by atoms with Gasteiger partial charge in [-0.25, -0.2) is 0 Å². The number of rotatable bonds is 2. The number of hydrogen-bond acceptors (Lipinski definition) is 0. The van der Waals surface area contributed by atoms with Crippen LogP contribution in [0, 0.1) is 51.2 Å². The molecule has 4 atom stereocenters. The summed E-state index contributed by atoms with van der Waals surface area (Å²) in [4.78, 5) is 0. The molecule has 0 heterocycles. The van der Waals surface area contributed by atoms with E-state index in [0.717, 1.165) is 40.4 Å². The zero-order valence-corrected chi connectivity index (χ0v) is 16.4. The van der Waals surface area contributed by atoms with Crippen LogP contribution in [-0.4, -0.2) is 0 Å². The van der Waals surface area contributed by atoms with E-state index in [1.807, 2.05) is 0 Å². The summed E-state index contributed by atoms with van der Waals surface area (Å²) in [5, 5.41) is 0. The smallest absolute Gasteiger partial charge is 0.0282 e. The first-order valence-corrected chi connectivity index (χ1v) is 11.3.